The highest BCUT2D eigenvalue weighted by molar-refractivity contribution is 7.62. The highest BCUT2D eigenvalue weighted by Gasteiger charge is 2.22. The normalized spacial score (nSPS) is 14.5. The SMILES string of the molecule is COc1cc2c(N3CCCN(OC(=O)N=S(=O)=O)CC3)ncnc2cc1OCC(N)=O. The van der Waals surface area contributed by atoms with Crippen molar-refractivity contribution < 1.29 is 32.3 Å². The molecule has 1 fully saturated rings. The van der Waals surface area contributed by atoms with E-state index in [2.05, 4.69) is 14.3 Å². The number of rotatable bonds is 6. The lowest BCUT2D eigenvalue weighted by Crippen LogP contribution is -2.32. The number of benzene rings is 1. The molecule has 1 aliphatic rings. The highest BCUT2D eigenvalue weighted by atomic mass is 32.2. The Bertz CT molecular complexity index is 1120. The summed E-state index contributed by atoms with van der Waals surface area (Å²) in [5, 5.41) is 2.06. The van der Waals surface area contributed by atoms with Gasteiger partial charge in [-0.15, -0.1) is 5.06 Å². The first-order valence-corrected chi connectivity index (χ1v) is 10.2. The maximum atomic E-state index is 11.4. The predicted octanol–water partition coefficient (Wildman–Crippen LogP) is 0.129. The number of hydrogen-bond acceptors (Lipinski definition) is 11. The molecule has 2 N–H and O–H groups in total. The Morgan fingerprint density at radius 1 is 1.16 bits per heavy atom. The average molecular weight is 452 g/mol. The maximum Gasteiger partial charge on any atom is 0.467 e. The van der Waals surface area contributed by atoms with Crippen LogP contribution in [0, 0.1) is 0 Å². The van der Waals surface area contributed by atoms with Crippen LogP contribution in [0.15, 0.2) is 22.8 Å². The van der Waals surface area contributed by atoms with Crippen LogP contribution in [-0.2, 0) is 20.1 Å². The van der Waals surface area contributed by atoms with Crippen molar-refractivity contribution in [1.29, 1.82) is 0 Å². The molecule has 2 amide bonds. The number of nitrogens with zero attached hydrogens (tertiary/aromatic N) is 5. The van der Waals surface area contributed by atoms with Crippen molar-refractivity contribution in [3.63, 3.8) is 0 Å². The van der Waals surface area contributed by atoms with Crippen molar-refractivity contribution in [2.45, 2.75) is 6.42 Å². The van der Waals surface area contributed by atoms with Crippen LogP contribution in [0.2, 0.25) is 0 Å². The smallest absolute Gasteiger partial charge is 0.467 e. The van der Waals surface area contributed by atoms with E-state index in [1.807, 2.05) is 4.90 Å². The standard InChI is InChI=1S/C17H20N6O7S/c1-28-13-7-11-12(8-14(13)29-9-15(18)24)19-10-20-16(11)22-3-2-4-23(6-5-22)30-17(25)21-31(26)27/h7-8,10H,2-6,9H2,1H3,(H2,18,24). The van der Waals surface area contributed by atoms with Gasteiger partial charge < -0.3 is 24.9 Å². The van der Waals surface area contributed by atoms with Gasteiger partial charge in [0.15, 0.2) is 18.1 Å². The van der Waals surface area contributed by atoms with Crippen molar-refractivity contribution in [2.75, 3.05) is 44.8 Å². The van der Waals surface area contributed by atoms with Crippen LogP contribution in [0.1, 0.15) is 6.42 Å². The first kappa shape index (κ1) is 22.2. The third-order valence-electron chi connectivity index (χ3n) is 4.38. The van der Waals surface area contributed by atoms with Crippen molar-refractivity contribution in [1.82, 2.24) is 15.0 Å². The van der Waals surface area contributed by atoms with Crippen LogP contribution in [0.3, 0.4) is 0 Å². The molecule has 0 aliphatic carbocycles. The van der Waals surface area contributed by atoms with Gasteiger partial charge in [-0.25, -0.2) is 14.8 Å². The Balaban J connectivity index is 1.83. The van der Waals surface area contributed by atoms with E-state index in [1.165, 1.54) is 18.5 Å². The minimum Gasteiger partial charge on any atom is -0.493 e. The number of fused-ring (bicyclic) bond motifs is 1. The van der Waals surface area contributed by atoms with Gasteiger partial charge in [0, 0.05) is 31.1 Å². The third kappa shape index (κ3) is 5.76. The zero-order chi connectivity index (χ0) is 22.4. The van der Waals surface area contributed by atoms with Gasteiger partial charge in [0.1, 0.15) is 12.1 Å². The Morgan fingerprint density at radius 2 is 1.97 bits per heavy atom. The molecule has 0 bridgehead atoms. The van der Waals surface area contributed by atoms with Crippen molar-refractivity contribution >= 4 is 39.2 Å². The first-order chi connectivity index (χ1) is 14.9. The molecular formula is C17H20N6O7S. The van der Waals surface area contributed by atoms with Crippen LogP contribution in [0.25, 0.3) is 10.9 Å². The summed E-state index contributed by atoms with van der Waals surface area (Å²) in [6.45, 7) is 1.47. The lowest BCUT2D eigenvalue weighted by Gasteiger charge is -2.23. The molecule has 1 saturated heterocycles. The average Bonchev–Trinajstić information content (AvgIpc) is 2.95. The Labute approximate surface area is 178 Å². The molecule has 3 rings (SSSR count). The van der Waals surface area contributed by atoms with E-state index in [4.69, 9.17) is 20.0 Å². The molecule has 166 valence electrons. The molecule has 0 spiro atoms. The number of ether oxygens (including phenoxy) is 2. The van der Waals surface area contributed by atoms with Crippen LogP contribution < -0.4 is 20.1 Å². The molecule has 1 aliphatic heterocycles. The lowest BCUT2D eigenvalue weighted by atomic mass is 10.2. The molecule has 0 atom stereocenters. The van der Waals surface area contributed by atoms with Gasteiger partial charge in [-0.2, -0.15) is 8.42 Å². The van der Waals surface area contributed by atoms with Gasteiger partial charge >= 0.3 is 16.6 Å². The van der Waals surface area contributed by atoms with E-state index >= 15 is 0 Å². The monoisotopic (exact) mass is 452 g/mol. The fourth-order valence-electron chi connectivity index (χ4n) is 3.11. The third-order valence-corrected chi connectivity index (χ3v) is 4.68. The van der Waals surface area contributed by atoms with Gasteiger partial charge in [-0.3, -0.25) is 4.79 Å². The lowest BCUT2D eigenvalue weighted by molar-refractivity contribution is -0.119. The zero-order valence-electron chi connectivity index (χ0n) is 16.6. The number of primary amides is 1. The quantitative estimate of drug-likeness (QED) is 0.632. The van der Waals surface area contributed by atoms with Gasteiger partial charge in [0.05, 0.1) is 19.2 Å². The number of hydrogen-bond donors (Lipinski definition) is 1. The second-order valence-corrected chi connectivity index (χ2v) is 7.02. The number of amides is 2. The Kier molecular flexibility index (Phi) is 7.15. The Morgan fingerprint density at radius 3 is 2.68 bits per heavy atom. The molecule has 14 heteroatoms. The molecular weight excluding hydrogens is 432 g/mol. The summed E-state index contributed by atoms with van der Waals surface area (Å²) in [5.74, 6) is 0.743. The summed E-state index contributed by atoms with van der Waals surface area (Å²) in [6.07, 6.45) is 0.839. The molecule has 13 nitrogen and oxygen atoms in total. The van der Waals surface area contributed by atoms with E-state index in [-0.39, 0.29) is 6.61 Å². The summed E-state index contributed by atoms with van der Waals surface area (Å²) in [6, 6.07) is 3.35. The highest BCUT2D eigenvalue weighted by Crippen LogP contribution is 2.35. The molecule has 2 aromatic rings. The van der Waals surface area contributed by atoms with E-state index < -0.39 is 22.5 Å². The molecule has 0 unspecified atom stereocenters. The van der Waals surface area contributed by atoms with E-state index in [1.54, 1.807) is 12.1 Å². The number of carbonyl (C=O) groups is 2. The van der Waals surface area contributed by atoms with E-state index in [0.717, 1.165) is 0 Å². The number of anilines is 1. The van der Waals surface area contributed by atoms with Crippen molar-refractivity contribution in [2.24, 2.45) is 10.1 Å². The summed E-state index contributed by atoms with van der Waals surface area (Å²) in [5.41, 5.74) is 5.72. The summed E-state index contributed by atoms with van der Waals surface area (Å²) in [7, 11) is -1.40. The summed E-state index contributed by atoms with van der Waals surface area (Å²) < 4.78 is 34.5. The van der Waals surface area contributed by atoms with Gasteiger partial charge in [0.2, 0.25) is 0 Å². The van der Waals surface area contributed by atoms with Crippen LogP contribution in [-0.4, -0.2) is 75.3 Å². The first-order valence-electron chi connectivity index (χ1n) is 9.14. The number of aromatic nitrogens is 2. The van der Waals surface area contributed by atoms with Crippen LogP contribution in [0.4, 0.5) is 10.6 Å². The molecule has 31 heavy (non-hydrogen) atoms. The number of carbonyl (C=O) groups excluding carboxylic acids is 2. The zero-order valence-corrected chi connectivity index (χ0v) is 17.4. The van der Waals surface area contributed by atoms with Gasteiger partial charge in [-0.1, -0.05) is 4.36 Å². The maximum absolute atomic E-state index is 11.4. The summed E-state index contributed by atoms with van der Waals surface area (Å²) in [4.78, 5) is 38.1. The minimum atomic E-state index is -2.87. The second kappa shape index (κ2) is 9.99. The van der Waals surface area contributed by atoms with Gasteiger partial charge in [-0.05, 0) is 12.5 Å². The van der Waals surface area contributed by atoms with E-state index in [0.29, 0.717) is 60.8 Å². The minimum absolute atomic E-state index is 0.299. The topological polar surface area (TPSA) is 167 Å². The fraction of sp³-hybridized carbons (Fsp3) is 0.412. The van der Waals surface area contributed by atoms with Gasteiger partial charge in [0.25, 0.3) is 5.91 Å². The second-order valence-electron chi connectivity index (χ2n) is 6.41. The van der Waals surface area contributed by atoms with Crippen molar-refractivity contribution in [3.8, 4) is 11.5 Å². The molecule has 1 aromatic carbocycles. The number of hydroxylamine groups is 2. The van der Waals surface area contributed by atoms with Crippen LogP contribution in [0.5, 0.6) is 11.5 Å². The van der Waals surface area contributed by atoms with Crippen LogP contribution >= 0.6 is 0 Å². The molecule has 1 aromatic heterocycles. The Hall–Kier alpha value is -3.52. The largest absolute Gasteiger partial charge is 0.493 e. The number of nitrogens with two attached hydrogens (primary N) is 1. The molecule has 2 heterocycles. The van der Waals surface area contributed by atoms with Crippen molar-refractivity contribution in [3.05, 3.63) is 18.5 Å². The fourth-order valence-corrected chi connectivity index (χ4v) is 3.26. The number of methoxy groups -OCH3 is 1. The van der Waals surface area contributed by atoms with E-state index in [9.17, 15) is 18.0 Å². The molecule has 0 radical (unpaired) electrons. The molecule has 0 saturated carbocycles. The predicted molar refractivity (Wildman–Crippen MR) is 107 cm³/mol. The summed E-state index contributed by atoms with van der Waals surface area (Å²) >= 11 is 0.